The third-order valence-electron chi connectivity index (χ3n) is 2.39. The van der Waals surface area contributed by atoms with Gasteiger partial charge in [0.25, 0.3) is 0 Å². The SMILES string of the molecule is Cc1nc(Oc2ccc(C(=O)O)cc2Cl)ccc1Br. The largest absolute Gasteiger partial charge is 0.478 e. The summed E-state index contributed by atoms with van der Waals surface area (Å²) in [5.74, 6) is -0.280. The van der Waals surface area contributed by atoms with Gasteiger partial charge >= 0.3 is 5.97 Å². The molecule has 0 spiro atoms. The molecule has 1 N–H and O–H groups in total. The fourth-order valence-electron chi connectivity index (χ4n) is 1.41. The van der Waals surface area contributed by atoms with Crippen LogP contribution in [0.5, 0.6) is 11.6 Å². The van der Waals surface area contributed by atoms with Gasteiger partial charge in [0.1, 0.15) is 5.75 Å². The molecule has 6 heteroatoms. The van der Waals surface area contributed by atoms with E-state index in [1.54, 1.807) is 6.07 Å². The molecule has 0 saturated heterocycles. The topological polar surface area (TPSA) is 59.4 Å². The van der Waals surface area contributed by atoms with Crippen LogP contribution in [0.1, 0.15) is 16.1 Å². The predicted octanol–water partition coefficient (Wildman–Crippen LogP) is 4.30. The maximum atomic E-state index is 10.8. The van der Waals surface area contributed by atoms with Gasteiger partial charge < -0.3 is 9.84 Å². The van der Waals surface area contributed by atoms with Crippen molar-refractivity contribution in [1.82, 2.24) is 4.98 Å². The lowest BCUT2D eigenvalue weighted by Crippen LogP contribution is -1.97. The molecule has 0 aliphatic rings. The van der Waals surface area contributed by atoms with Crippen LogP contribution in [0.4, 0.5) is 0 Å². The van der Waals surface area contributed by atoms with Crippen molar-refractivity contribution in [2.75, 3.05) is 0 Å². The third kappa shape index (κ3) is 3.24. The molecule has 0 atom stereocenters. The Balaban J connectivity index is 2.28. The van der Waals surface area contributed by atoms with Gasteiger partial charge in [-0.05, 0) is 47.1 Å². The van der Waals surface area contributed by atoms with Crippen LogP contribution in [0.25, 0.3) is 0 Å². The number of hydrogen-bond donors (Lipinski definition) is 1. The normalized spacial score (nSPS) is 10.3. The Labute approximate surface area is 123 Å². The first kappa shape index (κ1) is 13.8. The predicted molar refractivity (Wildman–Crippen MR) is 75.2 cm³/mol. The zero-order valence-electron chi connectivity index (χ0n) is 9.85. The highest BCUT2D eigenvalue weighted by molar-refractivity contribution is 9.10. The summed E-state index contributed by atoms with van der Waals surface area (Å²) in [6.45, 7) is 1.84. The Morgan fingerprint density at radius 1 is 1.37 bits per heavy atom. The van der Waals surface area contributed by atoms with Crippen molar-refractivity contribution in [2.24, 2.45) is 0 Å². The van der Waals surface area contributed by atoms with Gasteiger partial charge in [-0.2, -0.15) is 0 Å². The Morgan fingerprint density at radius 2 is 2.11 bits per heavy atom. The van der Waals surface area contributed by atoms with Crippen molar-refractivity contribution in [1.29, 1.82) is 0 Å². The number of halogens is 2. The molecule has 2 rings (SSSR count). The van der Waals surface area contributed by atoms with E-state index in [4.69, 9.17) is 21.4 Å². The Bertz CT molecular complexity index is 646. The van der Waals surface area contributed by atoms with Crippen molar-refractivity contribution < 1.29 is 14.6 Å². The highest BCUT2D eigenvalue weighted by Gasteiger charge is 2.09. The second-order valence-corrected chi connectivity index (χ2v) is 5.03. The van der Waals surface area contributed by atoms with Gasteiger partial charge in [-0.15, -0.1) is 0 Å². The Morgan fingerprint density at radius 3 is 2.68 bits per heavy atom. The fraction of sp³-hybridized carbons (Fsp3) is 0.0769. The number of rotatable bonds is 3. The minimum Gasteiger partial charge on any atom is -0.478 e. The molecule has 1 aromatic heterocycles. The first-order valence-corrected chi connectivity index (χ1v) is 6.48. The maximum absolute atomic E-state index is 10.8. The van der Waals surface area contributed by atoms with E-state index in [0.717, 1.165) is 10.2 Å². The van der Waals surface area contributed by atoms with Crippen LogP contribution in [0.2, 0.25) is 5.02 Å². The monoisotopic (exact) mass is 341 g/mol. The molecule has 19 heavy (non-hydrogen) atoms. The average Bonchev–Trinajstić information content (AvgIpc) is 2.36. The molecule has 0 amide bonds. The molecule has 1 aromatic carbocycles. The summed E-state index contributed by atoms with van der Waals surface area (Å²) in [4.78, 5) is 15.0. The number of aromatic nitrogens is 1. The summed E-state index contributed by atoms with van der Waals surface area (Å²) in [7, 11) is 0. The molecule has 0 aliphatic heterocycles. The van der Waals surface area contributed by atoms with Gasteiger partial charge in [0.2, 0.25) is 5.88 Å². The molecule has 2 aromatic rings. The van der Waals surface area contributed by atoms with Crippen molar-refractivity contribution >= 4 is 33.5 Å². The van der Waals surface area contributed by atoms with Crippen LogP contribution in [0.3, 0.4) is 0 Å². The van der Waals surface area contributed by atoms with Crippen molar-refractivity contribution in [2.45, 2.75) is 6.92 Å². The zero-order valence-corrected chi connectivity index (χ0v) is 12.2. The van der Waals surface area contributed by atoms with E-state index in [-0.39, 0.29) is 10.6 Å². The van der Waals surface area contributed by atoms with E-state index in [1.807, 2.05) is 13.0 Å². The summed E-state index contributed by atoms with van der Waals surface area (Å²) in [5.41, 5.74) is 0.896. The van der Waals surface area contributed by atoms with Crippen molar-refractivity contribution in [3.05, 3.63) is 51.1 Å². The second-order valence-electron chi connectivity index (χ2n) is 3.77. The molecule has 0 fully saturated rings. The van der Waals surface area contributed by atoms with Crippen LogP contribution in [0, 0.1) is 6.92 Å². The second kappa shape index (κ2) is 5.59. The number of hydrogen-bond acceptors (Lipinski definition) is 3. The minimum absolute atomic E-state index is 0.109. The highest BCUT2D eigenvalue weighted by Crippen LogP contribution is 2.30. The molecule has 0 bridgehead atoms. The van der Waals surface area contributed by atoms with Gasteiger partial charge in [0.15, 0.2) is 0 Å². The van der Waals surface area contributed by atoms with E-state index >= 15 is 0 Å². The number of aryl methyl sites for hydroxylation is 1. The summed E-state index contributed by atoms with van der Waals surface area (Å²) in [6.07, 6.45) is 0. The van der Waals surface area contributed by atoms with E-state index in [2.05, 4.69) is 20.9 Å². The Hall–Kier alpha value is -1.59. The smallest absolute Gasteiger partial charge is 0.335 e. The summed E-state index contributed by atoms with van der Waals surface area (Å²) in [5, 5.41) is 9.06. The summed E-state index contributed by atoms with van der Waals surface area (Å²) < 4.78 is 6.40. The molecule has 1 heterocycles. The number of benzene rings is 1. The van der Waals surface area contributed by atoms with Crippen LogP contribution in [0.15, 0.2) is 34.8 Å². The lowest BCUT2D eigenvalue weighted by atomic mass is 10.2. The van der Waals surface area contributed by atoms with Crippen LogP contribution in [-0.4, -0.2) is 16.1 Å². The molecule has 0 unspecified atom stereocenters. The first-order chi connectivity index (χ1) is 8.97. The lowest BCUT2D eigenvalue weighted by Gasteiger charge is -2.08. The third-order valence-corrected chi connectivity index (χ3v) is 3.52. The van der Waals surface area contributed by atoms with E-state index in [0.29, 0.717) is 11.6 Å². The van der Waals surface area contributed by atoms with Crippen molar-refractivity contribution in [3.8, 4) is 11.6 Å². The quantitative estimate of drug-likeness (QED) is 0.903. The maximum Gasteiger partial charge on any atom is 0.335 e. The highest BCUT2D eigenvalue weighted by atomic mass is 79.9. The first-order valence-electron chi connectivity index (χ1n) is 5.31. The average molecular weight is 343 g/mol. The number of carbonyl (C=O) groups is 1. The molecule has 0 radical (unpaired) electrons. The van der Waals surface area contributed by atoms with Gasteiger partial charge in [0.05, 0.1) is 16.3 Å². The van der Waals surface area contributed by atoms with Crippen LogP contribution >= 0.6 is 27.5 Å². The van der Waals surface area contributed by atoms with E-state index in [1.165, 1.54) is 18.2 Å². The fourth-order valence-corrected chi connectivity index (χ4v) is 1.85. The molecule has 4 nitrogen and oxygen atoms in total. The molecule has 98 valence electrons. The van der Waals surface area contributed by atoms with Gasteiger partial charge in [-0.25, -0.2) is 9.78 Å². The van der Waals surface area contributed by atoms with Gasteiger partial charge in [-0.3, -0.25) is 0 Å². The molecular weight excluding hydrogens is 334 g/mol. The van der Waals surface area contributed by atoms with E-state index in [9.17, 15) is 4.79 Å². The number of pyridine rings is 1. The van der Waals surface area contributed by atoms with Crippen molar-refractivity contribution in [3.63, 3.8) is 0 Å². The number of aromatic carboxylic acids is 1. The summed E-state index contributed by atoms with van der Waals surface area (Å²) >= 11 is 9.31. The van der Waals surface area contributed by atoms with E-state index < -0.39 is 5.97 Å². The Kier molecular flexibility index (Phi) is 4.07. The number of ether oxygens (including phenoxy) is 1. The van der Waals surface area contributed by atoms with Crippen LogP contribution < -0.4 is 4.74 Å². The lowest BCUT2D eigenvalue weighted by molar-refractivity contribution is 0.0697. The van der Waals surface area contributed by atoms with Gasteiger partial charge in [-0.1, -0.05) is 11.6 Å². The summed E-state index contributed by atoms with van der Waals surface area (Å²) in [6, 6.07) is 7.78. The molecular formula is C13H9BrClNO3. The van der Waals surface area contributed by atoms with Gasteiger partial charge in [0, 0.05) is 10.5 Å². The number of carboxylic acids is 1. The molecule has 0 aliphatic carbocycles. The molecule has 0 saturated carbocycles. The van der Waals surface area contributed by atoms with Crippen LogP contribution in [-0.2, 0) is 0 Å². The standard InChI is InChI=1S/C13H9BrClNO3/c1-7-9(14)3-5-12(16-7)19-11-4-2-8(13(17)18)6-10(11)15/h2-6H,1H3,(H,17,18). The zero-order chi connectivity index (χ0) is 14.0. The number of nitrogens with zero attached hydrogens (tertiary/aromatic N) is 1. The minimum atomic E-state index is -1.04. The number of carboxylic acid groups (broad SMARTS) is 1.